The molecule has 4 heteroatoms. The minimum absolute atomic E-state index is 0.119. The van der Waals surface area contributed by atoms with Crippen LogP contribution in [-0.2, 0) is 10.5 Å². The monoisotopic (exact) mass is 279 g/mol. The molecule has 0 unspecified atom stereocenters. The van der Waals surface area contributed by atoms with Crippen molar-refractivity contribution in [2.24, 2.45) is 0 Å². The molecule has 1 amide bonds. The van der Waals surface area contributed by atoms with E-state index in [-0.39, 0.29) is 5.25 Å². The Morgan fingerprint density at radius 2 is 2.26 bits per heavy atom. The van der Waals surface area contributed by atoms with Gasteiger partial charge >= 0.3 is 0 Å². The molecule has 0 bridgehead atoms. The molecule has 1 aliphatic heterocycles. The van der Waals surface area contributed by atoms with E-state index in [9.17, 15) is 4.79 Å². The van der Waals surface area contributed by atoms with Crippen LogP contribution < -0.4 is 4.74 Å². The highest BCUT2D eigenvalue weighted by atomic mass is 32.2. The summed E-state index contributed by atoms with van der Waals surface area (Å²) in [7, 11) is 1.67. The van der Waals surface area contributed by atoms with Gasteiger partial charge in [-0.15, -0.1) is 11.8 Å². The highest BCUT2D eigenvalue weighted by Gasteiger charge is 2.32. The molecule has 1 atom stereocenters. The van der Waals surface area contributed by atoms with Crippen molar-refractivity contribution in [3.05, 3.63) is 29.8 Å². The third-order valence-electron chi connectivity index (χ3n) is 3.40. The fraction of sp³-hybridized carbons (Fsp3) is 0.533. The molecule has 0 spiro atoms. The molecular weight excluding hydrogens is 258 g/mol. The summed E-state index contributed by atoms with van der Waals surface area (Å²) in [4.78, 5) is 14.1. The maximum atomic E-state index is 12.2. The van der Waals surface area contributed by atoms with Crippen LogP contribution in [0.15, 0.2) is 24.3 Å². The van der Waals surface area contributed by atoms with Crippen molar-refractivity contribution in [2.75, 3.05) is 13.7 Å². The van der Waals surface area contributed by atoms with E-state index in [0.717, 1.165) is 24.5 Å². The molecule has 3 nitrogen and oxygen atoms in total. The lowest BCUT2D eigenvalue weighted by molar-refractivity contribution is -0.128. The van der Waals surface area contributed by atoms with Crippen molar-refractivity contribution in [1.82, 2.24) is 4.90 Å². The first kappa shape index (κ1) is 14.3. The largest absolute Gasteiger partial charge is 0.497 e. The number of hydrogen-bond acceptors (Lipinski definition) is 3. The smallest absolute Gasteiger partial charge is 0.235 e. The van der Waals surface area contributed by atoms with E-state index in [1.54, 1.807) is 18.9 Å². The molecule has 0 aromatic heterocycles. The highest BCUT2D eigenvalue weighted by Crippen LogP contribution is 2.28. The van der Waals surface area contributed by atoms with Crippen LogP contribution in [0.25, 0.3) is 0 Å². The van der Waals surface area contributed by atoms with E-state index < -0.39 is 0 Å². The summed E-state index contributed by atoms with van der Waals surface area (Å²) in [6, 6.07) is 8.36. The molecule has 1 aromatic rings. The SMILES string of the molecule is COc1cccc(CS[C@H]2CCN(C(C)C)C2=O)c1. The maximum absolute atomic E-state index is 12.2. The van der Waals surface area contributed by atoms with E-state index in [4.69, 9.17) is 4.74 Å². The van der Waals surface area contributed by atoms with Gasteiger partial charge in [-0.3, -0.25) is 4.79 Å². The molecule has 1 heterocycles. The Morgan fingerprint density at radius 1 is 1.47 bits per heavy atom. The van der Waals surface area contributed by atoms with Crippen molar-refractivity contribution in [1.29, 1.82) is 0 Å². The van der Waals surface area contributed by atoms with Gasteiger partial charge in [0.1, 0.15) is 5.75 Å². The van der Waals surface area contributed by atoms with Crippen LogP contribution in [0.1, 0.15) is 25.8 Å². The first-order chi connectivity index (χ1) is 9.11. The molecule has 2 rings (SSSR count). The van der Waals surface area contributed by atoms with E-state index in [2.05, 4.69) is 19.9 Å². The van der Waals surface area contributed by atoms with Crippen molar-refractivity contribution in [3.8, 4) is 5.75 Å². The molecule has 1 aromatic carbocycles. The second-order valence-corrected chi connectivity index (χ2v) is 6.26. The number of amides is 1. The zero-order valence-electron chi connectivity index (χ0n) is 11.8. The Kier molecular flexibility index (Phi) is 4.75. The Balaban J connectivity index is 1.91. The molecule has 19 heavy (non-hydrogen) atoms. The Hall–Kier alpha value is -1.16. The summed E-state index contributed by atoms with van der Waals surface area (Å²) in [5.41, 5.74) is 1.21. The predicted molar refractivity (Wildman–Crippen MR) is 79.5 cm³/mol. The lowest BCUT2D eigenvalue weighted by Crippen LogP contribution is -2.34. The number of thioether (sulfide) groups is 1. The number of nitrogens with zero attached hydrogens (tertiary/aromatic N) is 1. The molecular formula is C15H21NO2S. The van der Waals surface area contributed by atoms with Gasteiger partial charge in [0, 0.05) is 18.3 Å². The topological polar surface area (TPSA) is 29.5 Å². The summed E-state index contributed by atoms with van der Waals surface area (Å²) in [6.07, 6.45) is 0.964. The first-order valence-corrected chi connectivity index (χ1v) is 7.71. The average molecular weight is 279 g/mol. The van der Waals surface area contributed by atoms with Crippen LogP contribution >= 0.6 is 11.8 Å². The van der Waals surface area contributed by atoms with Crippen molar-refractivity contribution in [2.45, 2.75) is 37.3 Å². The number of hydrogen-bond donors (Lipinski definition) is 0. The molecule has 0 radical (unpaired) electrons. The van der Waals surface area contributed by atoms with Crippen molar-refractivity contribution < 1.29 is 9.53 Å². The molecule has 0 aliphatic carbocycles. The van der Waals surface area contributed by atoms with Gasteiger partial charge in [0.05, 0.1) is 12.4 Å². The molecule has 104 valence electrons. The zero-order chi connectivity index (χ0) is 13.8. The summed E-state index contributed by atoms with van der Waals surface area (Å²) in [6.45, 7) is 5.05. The molecule has 1 saturated heterocycles. The Bertz CT molecular complexity index is 448. The Labute approximate surface area is 119 Å². The van der Waals surface area contributed by atoms with Crippen LogP contribution in [0.4, 0.5) is 0 Å². The number of ether oxygens (including phenoxy) is 1. The quantitative estimate of drug-likeness (QED) is 0.830. The first-order valence-electron chi connectivity index (χ1n) is 6.67. The van der Waals surface area contributed by atoms with Gasteiger partial charge in [0.15, 0.2) is 0 Å². The van der Waals surface area contributed by atoms with Gasteiger partial charge in [-0.05, 0) is 38.0 Å². The van der Waals surface area contributed by atoms with Gasteiger partial charge in [0.25, 0.3) is 0 Å². The number of methoxy groups -OCH3 is 1. The van der Waals surface area contributed by atoms with Gasteiger partial charge in [-0.25, -0.2) is 0 Å². The lowest BCUT2D eigenvalue weighted by Gasteiger charge is -2.20. The molecule has 0 saturated carbocycles. The third kappa shape index (κ3) is 3.44. The lowest BCUT2D eigenvalue weighted by atomic mass is 10.2. The summed E-state index contributed by atoms with van der Waals surface area (Å²) >= 11 is 1.74. The van der Waals surface area contributed by atoms with E-state index in [1.807, 2.05) is 23.1 Å². The fourth-order valence-electron chi connectivity index (χ4n) is 2.30. The zero-order valence-corrected chi connectivity index (χ0v) is 12.6. The summed E-state index contributed by atoms with van der Waals surface area (Å²) in [5, 5.41) is 0.119. The van der Waals surface area contributed by atoms with Crippen LogP contribution in [0.5, 0.6) is 5.75 Å². The van der Waals surface area contributed by atoms with Crippen molar-refractivity contribution in [3.63, 3.8) is 0 Å². The van der Waals surface area contributed by atoms with Crippen LogP contribution in [-0.4, -0.2) is 35.8 Å². The van der Waals surface area contributed by atoms with Crippen LogP contribution in [0, 0.1) is 0 Å². The summed E-state index contributed by atoms with van der Waals surface area (Å²) < 4.78 is 5.21. The number of carbonyl (C=O) groups excluding carboxylic acids is 1. The van der Waals surface area contributed by atoms with E-state index >= 15 is 0 Å². The minimum atomic E-state index is 0.119. The standard InChI is InChI=1S/C15H21NO2S/c1-11(2)16-8-7-14(15(16)17)19-10-12-5-4-6-13(9-12)18-3/h4-6,9,11,14H,7-8,10H2,1-3H3/t14-/m0/s1. The summed E-state index contributed by atoms with van der Waals surface area (Å²) in [5.74, 6) is 2.03. The van der Waals surface area contributed by atoms with Gasteiger partial charge < -0.3 is 9.64 Å². The maximum Gasteiger partial charge on any atom is 0.235 e. The Morgan fingerprint density at radius 3 is 2.89 bits per heavy atom. The molecule has 1 fully saturated rings. The van der Waals surface area contributed by atoms with E-state index in [0.29, 0.717) is 11.9 Å². The van der Waals surface area contributed by atoms with Crippen molar-refractivity contribution >= 4 is 17.7 Å². The van der Waals surface area contributed by atoms with Gasteiger partial charge in [-0.1, -0.05) is 12.1 Å². The van der Waals surface area contributed by atoms with Gasteiger partial charge in [-0.2, -0.15) is 0 Å². The number of rotatable bonds is 5. The third-order valence-corrected chi connectivity index (χ3v) is 4.74. The van der Waals surface area contributed by atoms with Crippen LogP contribution in [0.2, 0.25) is 0 Å². The predicted octanol–water partition coefficient (Wildman–Crippen LogP) is 2.94. The number of benzene rings is 1. The van der Waals surface area contributed by atoms with Crippen LogP contribution in [0.3, 0.4) is 0 Å². The number of likely N-dealkylation sites (tertiary alicyclic amines) is 1. The number of carbonyl (C=O) groups is 1. The highest BCUT2D eigenvalue weighted by molar-refractivity contribution is 7.99. The minimum Gasteiger partial charge on any atom is -0.497 e. The molecule has 0 N–H and O–H groups in total. The fourth-order valence-corrected chi connectivity index (χ4v) is 3.42. The normalized spacial score (nSPS) is 19.3. The average Bonchev–Trinajstić information content (AvgIpc) is 2.78. The van der Waals surface area contributed by atoms with Gasteiger partial charge in [0.2, 0.25) is 5.91 Å². The van der Waals surface area contributed by atoms with E-state index in [1.165, 1.54) is 5.56 Å². The second kappa shape index (κ2) is 6.33. The second-order valence-electron chi connectivity index (χ2n) is 5.07. The molecule has 1 aliphatic rings.